The summed E-state index contributed by atoms with van der Waals surface area (Å²) >= 11 is 2.01. The van der Waals surface area contributed by atoms with Gasteiger partial charge < -0.3 is 0 Å². The first kappa shape index (κ1) is 17.6. The highest BCUT2D eigenvalue weighted by atomic mass is 32.2. The van der Waals surface area contributed by atoms with Gasteiger partial charge >= 0.3 is 0 Å². The number of thioether (sulfide) groups is 1. The fourth-order valence-electron chi connectivity index (χ4n) is 1.80. The summed E-state index contributed by atoms with van der Waals surface area (Å²) in [6, 6.07) is 0. The molecule has 0 aromatic heterocycles. The molecule has 1 unspecified atom stereocenters. The van der Waals surface area contributed by atoms with Crippen LogP contribution in [0.5, 0.6) is 0 Å². The molecule has 1 atom stereocenters. The molecule has 0 amide bonds. The van der Waals surface area contributed by atoms with Crippen molar-refractivity contribution >= 4 is 11.8 Å². The number of unbranched alkanes of at least 4 members (excludes halogenated alkanes) is 1. The van der Waals surface area contributed by atoms with Crippen LogP contribution in [0.2, 0.25) is 0 Å². The zero-order valence-corrected chi connectivity index (χ0v) is 13.5. The van der Waals surface area contributed by atoms with Crippen molar-refractivity contribution in [3.05, 3.63) is 36.0 Å². The van der Waals surface area contributed by atoms with E-state index in [4.69, 9.17) is 0 Å². The minimum atomic E-state index is 0.750. The van der Waals surface area contributed by atoms with Crippen LogP contribution in [-0.4, -0.2) is 11.5 Å². The molecule has 0 N–H and O–H groups in total. The predicted octanol–water partition coefficient (Wildman–Crippen LogP) is 6.01. The van der Waals surface area contributed by atoms with Gasteiger partial charge in [-0.15, -0.1) is 0 Å². The smallest absolute Gasteiger partial charge is 0.0143 e. The van der Waals surface area contributed by atoms with Crippen LogP contribution in [-0.2, 0) is 0 Å². The highest BCUT2D eigenvalue weighted by Crippen LogP contribution is 2.12. The molecule has 0 aliphatic rings. The summed E-state index contributed by atoms with van der Waals surface area (Å²) in [4.78, 5) is 0. The van der Waals surface area contributed by atoms with Gasteiger partial charge in [0.25, 0.3) is 0 Å². The summed E-state index contributed by atoms with van der Waals surface area (Å²) in [5.74, 6) is 3.10. The molecule has 0 nitrogen and oxygen atoms in total. The minimum Gasteiger partial charge on any atom is -0.157 e. The molecule has 104 valence electrons. The van der Waals surface area contributed by atoms with E-state index in [1.54, 1.807) is 0 Å². The van der Waals surface area contributed by atoms with E-state index in [1.165, 1.54) is 37.0 Å². The van der Waals surface area contributed by atoms with E-state index in [0.29, 0.717) is 0 Å². The molecule has 0 rings (SSSR count). The van der Waals surface area contributed by atoms with Gasteiger partial charge in [0.05, 0.1) is 0 Å². The molecular formula is C17H30S. The summed E-state index contributed by atoms with van der Waals surface area (Å²) < 4.78 is 0. The van der Waals surface area contributed by atoms with E-state index in [0.717, 1.165) is 17.2 Å². The third-order valence-electron chi connectivity index (χ3n) is 2.73. The Morgan fingerprint density at radius 3 is 2.67 bits per heavy atom. The van der Waals surface area contributed by atoms with Gasteiger partial charge in [0, 0.05) is 5.75 Å². The van der Waals surface area contributed by atoms with Crippen LogP contribution in [0.25, 0.3) is 0 Å². The summed E-state index contributed by atoms with van der Waals surface area (Å²) in [6.45, 7) is 12.7. The lowest BCUT2D eigenvalue weighted by atomic mass is 10.0. The molecule has 0 aromatic carbocycles. The zero-order valence-electron chi connectivity index (χ0n) is 12.7. The van der Waals surface area contributed by atoms with Crippen LogP contribution in [0, 0.1) is 5.92 Å². The first-order valence-electron chi connectivity index (χ1n) is 7.13. The average molecular weight is 266 g/mol. The fourth-order valence-corrected chi connectivity index (χ4v) is 2.65. The summed E-state index contributed by atoms with van der Waals surface area (Å²) in [5.41, 5.74) is 2.57. The standard InChI is InChI=1S/C17H30S/c1-6-7-10-16(4)11-8-9-12-18-14-17(5)13-15(2)3/h8,11,13,16H,2,6-7,9-10,12,14H2,1,3-5H3/b11-8-,17-13-. The van der Waals surface area contributed by atoms with E-state index in [2.05, 4.69) is 52.5 Å². The lowest BCUT2D eigenvalue weighted by Gasteiger charge is -2.04. The molecule has 18 heavy (non-hydrogen) atoms. The minimum absolute atomic E-state index is 0.750. The van der Waals surface area contributed by atoms with Gasteiger partial charge in [0.2, 0.25) is 0 Å². The molecule has 0 bridgehead atoms. The lowest BCUT2D eigenvalue weighted by Crippen LogP contribution is -1.89. The van der Waals surface area contributed by atoms with E-state index in [1.807, 2.05) is 11.8 Å². The molecule has 0 radical (unpaired) electrons. The van der Waals surface area contributed by atoms with E-state index in [-0.39, 0.29) is 0 Å². The monoisotopic (exact) mass is 266 g/mol. The number of allylic oxidation sites excluding steroid dienone is 4. The SMILES string of the molecule is C=C(C)/C=C(/C)CSCC/C=C\C(C)CCCC. The van der Waals surface area contributed by atoms with Crippen molar-refractivity contribution in [2.75, 3.05) is 11.5 Å². The quantitative estimate of drug-likeness (QED) is 0.265. The molecule has 1 heteroatoms. The maximum Gasteiger partial charge on any atom is 0.0143 e. The van der Waals surface area contributed by atoms with E-state index >= 15 is 0 Å². The molecule has 0 saturated heterocycles. The Morgan fingerprint density at radius 1 is 1.33 bits per heavy atom. The first-order chi connectivity index (χ1) is 8.56. The summed E-state index contributed by atoms with van der Waals surface area (Å²) in [6.07, 6.45) is 12.1. The fraction of sp³-hybridized carbons (Fsp3) is 0.647. The Labute approximate surface area is 119 Å². The second kappa shape index (κ2) is 11.6. The van der Waals surface area contributed by atoms with Gasteiger partial charge in [-0.1, -0.05) is 62.6 Å². The molecular weight excluding hydrogens is 236 g/mol. The van der Waals surface area contributed by atoms with Gasteiger partial charge in [-0.3, -0.25) is 0 Å². The van der Waals surface area contributed by atoms with Gasteiger partial charge in [-0.25, -0.2) is 0 Å². The van der Waals surface area contributed by atoms with Crippen LogP contribution < -0.4 is 0 Å². The molecule has 0 aliphatic carbocycles. The third kappa shape index (κ3) is 12.0. The lowest BCUT2D eigenvalue weighted by molar-refractivity contribution is 0.597. The van der Waals surface area contributed by atoms with Crippen molar-refractivity contribution in [3.8, 4) is 0 Å². The van der Waals surface area contributed by atoms with Crippen molar-refractivity contribution < 1.29 is 0 Å². The number of hydrogen-bond acceptors (Lipinski definition) is 1. The Balaban J connectivity index is 3.56. The van der Waals surface area contributed by atoms with Gasteiger partial charge in [0.1, 0.15) is 0 Å². The predicted molar refractivity (Wildman–Crippen MR) is 88.3 cm³/mol. The Morgan fingerprint density at radius 2 is 2.06 bits per heavy atom. The largest absolute Gasteiger partial charge is 0.157 e. The highest BCUT2D eigenvalue weighted by Gasteiger charge is 1.95. The topological polar surface area (TPSA) is 0 Å². The maximum atomic E-state index is 3.90. The number of rotatable bonds is 10. The second-order valence-corrected chi connectivity index (χ2v) is 6.33. The van der Waals surface area contributed by atoms with Crippen LogP contribution in [0.1, 0.15) is 53.4 Å². The zero-order chi connectivity index (χ0) is 13.8. The Hall–Kier alpha value is -0.430. The number of hydrogen-bond donors (Lipinski definition) is 0. The van der Waals surface area contributed by atoms with Crippen molar-refractivity contribution in [1.82, 2.24) is 0 Å². The van der Waals surface area contributed by atoms with Crippen LogP contribution in [0.3, 0.4) is 0 Å². The van der Waals surface area contributed by atoms with Crippen LogP contribution in [0.4, 0.5) is 0 Å². The molecule has 0 spiro atoms. The third-order valence-corrected chi connectivity index (χ3v) is 3.91. The molecule has 0 saturated carbocycles. The van der Waals surface area contributed by atoms with Gasteiger partial charge in [-0.2, -0.15) is 11.8 Å². The summed E-state index contributed by atoms with van der Waals surface area (Å²) in [5, 5.41) is 0. The second-order valence-electron chi connectivity index (χ2n) is 5.23. The Kier molecular flexibility index (Phi) is 11.4. The van der Waals surface area contributed by atoms with Crippen LogP contribution >= 0.6 is 11.8 Å². The molecule has 0 fully saturated rings. The molecule has 0 aliphatic heterocycles. The Bertz CT molecular complexity index is 273. The van der Waals surface area contributed by atoms with Crippen molar-refractivity contribution in [3.63, 3.8) is 0 Å². The van der Waals surface area contributed by atoms with E-state index in [9.17, 15) is 0 Å². The normalized spacial score (nSPS) is 14.1. The summed E-state index contributed by atoms with van der Waals surface area (Å²) in [7, 11) is 0. The maximum absolute atomic E-state index is 3.90. The van der Waals surface area contributed by atoms with Gasteiger partial charge in [0.15, 0.2) is 0 Å². The first-order valence-corrected chi connectivity index (χ1v) is 8.28. The van der Waals surface area contributed by atoms with Crippen molar-refractivity contribution in [1.29, 1.82) is 0 Å². The molecule has 0 heterocycles. The average Bonchev–Trinajstić information content (AvgIpc) is 2.30. The molecule has 0 aromatic rings. The van der Waals surface area contributed by atoms with Crippen molar-refractivity contribution in [2.24, 2.45) is 5.92 Å². The highest BCUT2D eigenvalue weighted by molar-refractivity contribution is 7.99. The van der Waals surface area contributed by atoms with Crippen molar-refractivity contribution in [2.45, 2.75) is 53.4 Å². The van der Waals surface area contributed by atoms with Crippen LogP contribution in [0.15, 0.2) is 36.0 Å². The van der Waals surface area contributed by atoms with Gasteiger partial charge in [-0.05, 0) is 38.4 Å². The van der Waals surface area contributed by atoms with E-state index < -0.39 is 0 Å².